The van der Waals surface area contributed by atoms with Gasteiger partial charge in [0.1, 0.15) is 29.6 Å². The highest BCUT2D eigenvalue weighted by atomic mass is 16.5. The Morgan fingerprint density at radius 1 is 1.18 bits per heavy atom. The van der Waals surface area contributed by atoms with E-state index < -0.39 is 17.7 Å². The maximum atomic E-state index is 13.2. The predicted molar refractivity (Wildman–Crippen MR) is 126 cm³/mol. The third kappa shape index (κ3) is 4.05. The van der Waals surface area contributed by atoms with E-state index in [2.05, 4.69) is 11.7 Å². The summed E-state index contributed by atoms with van der Waals surface area (Å²) in [4.78, 5) is 27.5. The number of benzene rings is 2. The van der Waals surface area contributed by atoms with Crippen LogP contribution in [0, 0.1) is 13.8 Å². The lowest BCUT2D eigenvalue weighted by Crippen LogP contribution is -2.29. The van der Waals surface area contributed by atoms with Gasteiger partial charge in [-0.2, -0.15) is 0 Å². The van der Waals surface area contributed by atoms with E-state index in [-0.39, 0.29) is 17.2 Å². The Bertz CT molecular complexity index is 1290. The van der Waals surface area contributed by atoms with Crippen molar-refractivity contribution in [2.75, 3.05) is 18.6 Å². The number of hydrogen-bond acceptors (Lipinski definition) is 7. The molecule has 34 heavy (non-hydrogen) atoms. The van der Waals surface area contributed by atoms with Crippen LogP contribution in [0.3, 0.4) is 0 Å². The number of aromatic nitrogens is 1. The zero-order chi connectivity index (χ0) is 24.4. The molecule has 1 fully saturated rings. The molecule has 0 unspecified atom stereocenters. The fraction of sp³-hybridized carbons (Fsp3) is 0.192. The van der Waals surface area contributed by atoms with E-state index >= 15 is 0 Å². The van der Waals surface area contributed by atoms with Crippen molar-refractivity contribution in [3.63, 3.8) is 0 Å². The lowest BCUT2D eigenvalue weighted by Gasteiger charge is -2.23. The van der Waals surface area contributed by atoms with Gasteiger partial charge in [0.15, 0.2) is 5.82 Å². The molecule has 1 aliphatic rings. The first-order chi connectivity index (χ1) is 16.3. The first kappa shape index (κ1) is 22.8. The van der Waals surface area contributed by atoms with Gasteiger partial charge in [0.2, 0.25) is 0 Å². The van der Waals surface area contributed by atoms with Crippen LogP contribution in [0.5, 0.6) is 11.5 Å². The minimum Gasteiger partial charge on any atom is -0.507 e. The molecule has 4 rings (SSSR count). The summed E-state index contributed by atoms with van der Waals surface area (Å²) in [6.07, 6.45) is 1.63. The minimum atomic E-state index is -0.916. The van der Waals surface area contributed by atoms with Crippen LogP contribution in [-0.2, 0) is 9.59 Å². The first-order valence-electron chi connectivity index (χ1n) is 10.6. The number of aliphatic hydroxyl groups excluding tert-OH is 1. The molecule has 8 heteroatoms. The Labute approximate surface area is 196 Å². The normalized spacial score (nSPS) is 17.1. The number of methoxy groups -OCH3 is 1. The number of ketones is 1. The summed E-state index contributed by atoms with van der Waals surface area (Å²) in [5, 5.41) is 15.2. The quantitative estimate of drug-likeness (QED) is 0.240. The summed E-state index contributed by atoms with van der Waals surface area (Å²) in [6, 6.07) is 12.6. The van der Waals surface area contributed by atoms with E-state index in [0.717, 1.165) is 5.56 Å². The summed E-state index contributed by atoms with van der Waals surface area (Å²) in [5.41, 5.74) is 1.71. The number of Topliss-reactive ketones (excluding diaryl/α,β-unsaturated/α-hetero) is 1. The van der Waals surface area contributed by atoms with Gasteiger partial charge in [0, 0.05) is 11.6 Å². The van der Waals surface area contributed by atoms with Crippen molar-refractivity contribution < 1.29 is 28.7 Å². The largest absolute Gasteiger partial charge is 0.507 e. The van der Waals surface area contributed by atoms with Gasteiger partial charge in [0.05, 0.1) is 18.7 Å². The molecule has 0 aliphatic carbocycles. The second kappa shape index (κ2) is 9.27. The molecule has 1 amide bonds. The van der Waals surface area contributed by atoms with Crippen LogP contribution in [0.2, 0.25) is 0 Å². The zero-order valence-corrected chi connectivity index (χ0v) is 19.1. The molecule has 0 spiro atoms. The lowest BCUT2D eigenvalue weighted by atomic mass is 9.94. The number of amides is 1. The number of anilines is 1. The number of ether oxygens (including phenoxy) is 2. The maximum absolute atomic E-state index is 13.2. The molecule has 2 heterocycles. The van der Waals surface area contributed by atoms with Crippen molar-refractivity contribution >= 4 is 23.3 Å². The van der Waals surface area contributed by atoms with Crippen LogP contribution in [0.1, 0.15) is 28.5 Å². The number of nitrogens with zero attached hydrogens (tertiary/aromatic N) is 2. The van der Waals surface area contributed by atoms with Gasteiger partial charge >= 0.3 is 5.91 Å². The Morgan fingerprint density at radius 3 is 2.50 bits per heavy atom. The Morgan fingerprint density at radius 2 is 1.91 bits per heavy atom. The Kier molecular flexibility index (Phi) is 6.23. The summed E-state index contributed by atoms with van der Waals surface area (Å²) >= 11 is 0. The van der Waals surface area contributed by atoms with E-state index in [4.69, 9.17) is 14.0 Å². The molecule has 3 aromatic rings. The summed E-state index contributed by atoms with van der Waals surface area (Å²) in [7, 11) is 1.55. The van der Waals surface area contributed by atoms with Crippen molar-refractivity contribution in [1.82, 2.24) is 5.16 Å². The van der Waals surface area contributed by atoms with E-state index in [0.29, 0.717) is 35.0 Å². The third-order valence-corrected chi connectivity index (χ3v) is 5.54. The molecule has 0 radical (unpaired) electrons. The smallest absolute Gasteiger partial charge is 0.301 e. The van der Waals surface area contributed by atoms with Gasteiger partial charge in [-0.15, -0.1) is 0 Å². The second-order valence-electron chi connectivity index (χ2n) is 7.82. The number of hydrogen-bond donors (Lipinski definition) is 1. The van der Waals surface area contributed by atoms with Crippen molar-refractivity contribution in [1.29, 1.82) is 0 Å². The van der Waals surface area contributed by atoms with Gasteiger partial charge in [-0.3, -0.25) is 14.5 Å². The SMILES string of the molecule is C=CCOc1ccc([C@@H]2/C(=C(\O)c3ccc(OC)c(C)c3)C(=O)C(=O)N2c2cc(C)on2)cc1. The molecule has 2 aromatic carbocycles. The van der Waals surface area contributed by atoms with Gasteiger partial charge in [-0.05, 0) is 55.3 Å². The highest BCUT2D eigenvalue weighted by Crippen LogP contribution is 2.42. The van der Waals surface area contributed by atoms with Crippen LogP contribution in [0.25, 0.3) is 5.76 Å². The Balaban J connectivity index is 1.87. The molecule has 1 aliphatic heterocycles. The van der Waals surface area contributed by atoms with Gasteiger partial charge in [-0.25, -0.2) is 0 Å². The van der Waals surface area contributed by atoms with Crippen LogP contribution >= 0.6 is 0 Å². The average molecular weight is 460 g/mol. The predicted octanol–water partition coefficient (Wildman–Crippen LogP) is 4.49. The van der Waals surface area contributed by atoms with E-state index in [1.54, 1.807) is 68.6 Å². The highest BCUT2D eigenvalue weighted by Gasteiger charge is 2.48. The van der Waals surface area contributed by atoms with Gasteiger partial charge < -0.3 is 19.1 Å². The molecular weight excluding hydrogens is 436 g/mol. The summed E-state index contributed by atoms with van der Waals surface area (Å²) < 4.78 is 16.0. The molecular formula is C26H24N2O6. The first-order valence-corrected chi connectivity index (χ1v) is 10.6. The number of aryl methyl sites for hydroxylation is 2. The average Bonchev–Trinajstić information content (AvgIpc) is 3.38. The zero-order valence-electron chi connectivity index (χ0n) is 19.1. The minimum absolute atomic E-state index is 0.0463. The monoisotopic (exact) mass is 460 g/mol. The molecule has 1 atom stereocenters. The number of carbonyl (C=O) groups is 2. The van der Waals surface area contributed by atoms with E-state index in [1.165, 1.54) is 4.90 Å². The van der Waals surface area contributed by atoms with Gasteiger partial charge in [-0.1, -0.05) is 29.9 Å². The van der Waals surface area contributed by atoms with Crippen LogP contribution in [0.4, 0.5) is 5.82 Å². The van der Waals surface area contributed by atoms with Gasteiger partial charge in [0.25, 0.3) is 5.78 Å². The molecule has 8 nitrogen and oxygen atoms in total. The third-order valence-electron chi connectivity index (χ3n) is 5.54. The van der Waals surface area contributed by atoms with Crippen LogP contribution in [0.15, 0.2) is 71.3 Å². The Hall–Kier alpha value is -4.33. The van der Waals surface area contributed by atoms with Crippen molar-refractivity contribution in [2.24, 2.45) is 0 Å². The maximum Gasteiger partial charge on any atom is 0.301 e. The van der Waals surface area contributed by atoms with Crippen LogP contribution < -0.4 is 14.4 Å². The highest BCUT2D eigenvalue weighted by molar-refractivity contribution is 6.51. The van der Waals surface area contributed by atoms with Crippen molar-refractivity contribution in [3.8, 4) is 11.5 Å². The fourth-order valence-corrected chi connectivity index (χ4v) is 3.93. The van der Waals surface area contributed by atoms with Crippen LogP contribution in [-0.4, -0.2) is 35.7 Å². The summed E-state index contributed by atoms with van der Waals surface area (Å²) in [6.45, 7) is 7.48. The number of rotatable bonds is 7. The van der Waals surface area contributed by atoms with Crippen molar-refractivity contribution in [2.45, 2.75) is 19.9 Å². The molecule has 1 saturated heterocycles. The fourth-order valence-electron chi connectivity index (χ4n) is 3.93. The van der Waals surface area contributed by atoms with E-state index in [1.807, 2.05) is 6.92 Å². The number of carbonyl (C=O) groups excluding carboxylic acids is 2. The lowest BCUT2D eigenvalue weighted by molar-refractivity contribution is -0.132. The molecule has 174 valence electrons. The molecule has 1 aromatic heterocycles. The van der Waals surface area contributed by atoms with E-state index in [9.17, 15) is 14.7 Å². The molecule has 0 bridgehead atoms. The number of aliphatic hydroxyl groups is 1. The molecule has 0 saturated carbocycles. The standard InChI is InChI=1S/C26H24N2O6/c1-5-12-33-19-9-6-17(7-10-19)23-22(24(29)18-8-11-20(32-4)15(2)13-18)25(30)26(31)28(23)21-14-16(3)34-27-21/h5-11,13-14,23,29H,1,12H2,2-4H3/b24-22+/t23-/m1/s1. The second-order valence-corrected chi connectivity index (χ2v) is 7.82. The van der Waals surface area contributed by atoms with Crippen molar-refractivity contribution in [3.05, 3.63) is 89.2 Å². The topological polar surface area (TPSA) is 102 Å². The summed E-state index contributed by atoms with van der Waals surface area (Å²) in [5.74, 6) is -0.00831. The molecule has 1 N–H and O–H groups in total.